The fourth-order valence-corrected chi connectivity index (χ4v) is 5.72. The molecule has 0 heterocycles. The van der Waals surface area contributed by atoms with Gasteiger partial charge in [-0.1, -0.05) is 60.7 Å². The third kappa shape index (κ3) is 7.56. The number of carbonyl (C=O) groups is 2. The van der Waals surface area contributed by atoms with Crippen molar-refractivity contribution in [3.63, 3.8) is 0 Å². The highest BCUT2D eigenvalue weighted by Crippen LogP contribution is 2.28. The number of thioether (sulfide) groups is 1. The summed E-state index contributed by atoms with van der Waals surface area (Å²) in [5, 5.41) is 4.33. The summed E-state index contributed by atoms with van der Waals surface area (Å²) in [5.41, 5.74) is 1.75. The van der Waals surface area contributed by atoms with Crippen LogP contribution in [0.4, 0.5) is 0 Å². The van der Waals surface area contributed by atoms with Crippen molar-refractivity contribution in [2.75, 3.05) is 12.9 Å². The maximum atomic E-state index is 13.3. The Hall–Kier alpha value is -1.89. The minimum atomic E-state index is -0.582. The van der Waals surface area contributed by atoms with Crippen LogP contribution in [0.25, 0.3) is 0 Å². The Labute approximate surface area is 216 Å². The molecular weight excluding hydrogens is 491 g/mol. The van der Waals surface area contributed by atoms with Crippen molar-refractivity contribution in [3.05, 3.63) is 63.6 Å². The molecule has 2 aromatic rings. The third-order valence-corrected chi connectivity index (χ3v) is 7.82. The van der Waals surface area contributed by atoms with Gasteiger partial charge >= 0.3 is 0 Å². The normalized spacial score (nSPS) is 14.9. The SMILES string of the molecule is COc1ccc(CN(C(=O)CSCc2c(Cl)cccc2Cl)[C@H](C)C(=O)NC2CCCCC2)cc1. The molecule has 0 unspecified atom stereocenters. The molecule has 1 aliphatic rings. The highest BCUT2D eigenvalue weighted by molar-refractivity contribution is 7.99. The van der Waals surface area contributed by atoms with Crippen LogP contribution in [0.1, 0.15) is 50.2 Å². The number of hydrogen-bond acceptors (Lipinski definition) is 4. The Bertz CT molecular complexity index is 945. The van der Waals surface area contributed by atoms with Crippen LogP contribution in [0.5, 0.6) is 5.75 Å². The molecule has 5 nitrogen and oxygen atoms in total. The molecule has 3 rings (SSSR count). The summed E-state index contributed by atoms with van der Waals surface area (Å²) >= 11 is 14.0. The van der Waals surface area contributed by atoms with Gasteiger partial charge in [0.25, 0.3) is 0 Å². The van der Waals surface area contributed by atoms with Crippen LogP contribution in [0.2, 0.25) is 10.0 Å². The molecule has 0 spiro atoms. The topological polar surface area (TPSA) is 58.6 Å². The van der Waals surface area contributed by atoms with Crippen molar-refractivity contribution in [2.24, 2.45) is 0 Å². The lowest BCUT2D eigenvalue weighted by Gasteiger charge is -2.31. The van der Waals surface area contributed by atoms with Gasteiger partial charge in [0.2, 0.25) is 11.8 Å². The van der Waals surface area contributed by atoms with E-state index in [9.17, 15) is 9.59 Å². The van der Waals surface area contributed by atoms with E-state index < -0.39 is 6.04 Å². The number of halogens is 2. The number of rotatable bonds is 10. The number of amides is 2. The largest absolute Gasteiger partial charge is 0.497 e. The molecule has 0 radical (unpaired) electrons. The molecule has 2 amide bonds. The number of nitrogens with one attached hydrogen (secondary N) is 1. The molecule has 2 aromatic carbocycles. The number of hydrogen-bond donors (Lipinski definition) is 1. The van der Waals surface area contributed by atoms with E-state index in [0.717, 1.165) is 42.6 Å². The number of methoxy groups -OCH3 is 1. The summed E-state index contributed by atoms with van der Waals surface area (Å²) in [5.74, 6) is 1.28. The minimum absolute atomic E-state index is 0.102. The van der Waals surface area contributed by atoms with Gasteiger partial charge in [-0.2, -0.15) is 0 Å². The maximum Gasteiger partial charge on any atom is 0.242 e. The molecule has 1 fully saturated rings. The number of nitrogens with zero attached hydrogens (tertiary/aromatic N) is 1. The molecule has 184 valence electrons. The van der Waals surface area contributed by atoms with Crippen LogP contribution < -0.4 is 10.1 Å². The summed E-state index contributed by atoms with van der Waals surface area (Å²) in [7, 11) is 1.62. The second-order valence-electron chi connectivity index (χ2n) is 8.58. The molecular formula is C26H32Cl2N2O3S. The first-order chi connectivity index (χ1) is 16.4. The smallest absolute Gasteiger partial charge is 0.242 e. The zero-order valence-corrected chi connectivity index (χ0v) is 22.0. The lowest BCUT2D eigenvalue weighted by Crippen LogP contribution is -2.50. The van der Waals surface area contributed by atoms with Gasteiger partial charge in [-0.25, -0.2) is 0 Å². The summed E-state index contributed by atoms with van der Waals surface area (Å²) in [6.45, 7) is 2.14. The van der Waals surface area contributed by atoms with E-state index >= 15 is 0 Å². The van der Waals surface area contributed by atoms with E-state index in [0.29, 0.717) is 22.3 Å². The molecule has 1 saturated carbocycles. The van der Waals surface area contributed by atoms with Gasteiger partial charge in [0.15, 0.2) is 0 Å². The Morgan fingerprint density at radius 2 is 1.74 bits per heavy atom. The predicted octanol–water partition coefficient (Wildman–Crippen LogP) is 6.10. The van der Waals surface area contributed by atoms with Gasteiger partial charge < -0.3 is 15.0 Å². The highest BCUT2D eigenvalue weighted by Gasteiger charge is 2.28. The molecule has 0 aromatic heterocycles. The quantitative estimate of drug-likeness (QED) is 0.409. The van der Waals surface area contributed by atoms with Crippen molar-refractivity contribution in [1.29, 1.82) is 0 Å². The second kappa shape index (κ2) is 13.3. The fraction of sp³-hybridized carbons (Fsp3) is 0.462. The summed E-state index contributed by atoms with van der Waals surface area (Å²) in [6, 6.07) is 12.5. The van der Waals surface area contributed by atoms with Crippen LogP contribution in [0, 0.1) is 0 Å². The zero-order valence-electron chi connectivity index (χ0n) is 19.7. The van der Waals surface area contributed by atoms with Gasteiger partial charge in [-0.05, 0) is 55.2 Å². The molecule has 34 heavy (non-hydrogen) atoms. The van der Waals surface area contributed by atoms with Gasteiger partial charge in [-0.15, -0.1) is 11.8 Å². The fourth-order valence-electron chi connectivity index (χ4n) is 4.07. The summed E-state index contributed by atoms with van der Waals surface area (Å²) < 4.78 is 5.24. The lowest BCUT2D eigenvalue weighted by molar-refractivity contribution is -0.139. The van der Waals surface area contributed by atoms with Crippen molar-refractivity contribution >= 4 is 46.8 Å². The van der Waals surface area contributed by atoms with Crippen molar-refractivity contribution in [3.8, 4) is 5.75 Å². The lowest BCUT2D eigenvalue weighted by atomic mass is 9.95. The number of ether oxygens (including phenoxy) is 1. The van der Waals surface area contributed by atoms with Crippen LogP contribution in [-0.4, -0.2) is 41.7 Å². The van der Waals surface area contributed by atoms with Crippen molar-refractivity contribution < 1.29 is 14.3 Å². The van der Waals surface area contributed by atoms with Crippen molar-refractivity contribution in [1.82, 2.24) is 10.2 Å². The van der Waals surface area contributed by atoms with Gasteiger partial charge in [0.05, 0.1) is 12.9 Å². The summed E-state index contributed by atoms with van der Waals surface area (Å²) in [6.07, 6.45) is 5.49. The molecule has 1 aliphatic carbocycles. The molecule has 0 saturated heterocycles. The first-order valence-electron chi connectivity index (χ1n) is 11.6. The number of carbonyl (C=O) groups excluding carboxylic acids is 2. The second-order valence-corrected chi connectivity index (χ2v) is 10.4. The minimum Gasteiger partial charge on any atom is -0.497 e. The Morgan fingerprint density at radius 3 is 2.35 bits per heavy atom. The Morgan fingerprint density at radius 1 is 1.09 bits per heavy atom. The van der Waals surface area contributed by atoms with E-state index in [4.69, 9.17) is 27.9 Å². The van der Waals surface area contributed by atoms with Gasteiger partial charge in [-0.3, -0.25) is 9.59 Å². The molecule has 1 atom stereocenters. The first-order valence-corrected chi connectivity index (χ1v) is 13.5. The van der Waals surface area contributed by atoms with Crippen LogP contribution >= 0.6 is 35.0 Å². The average Bonchev–Trinajstić information content (AvgIpc) is 2.84. The van der Waals surface area contributed by atoms with Gasteiger partial charge in [0.1, 0.15) is 11.8 Å². The van der Waals surface area contributed by atoms with E-state index in [1.54, 1.807) is 37.1 Å². The van der Waals surface area contributed by atoms with E-state index in [-0.39, 0.29) is 23.6 Å². The third-order valence-electron chi connectivity index (χ3n) is 6.16. The average molecular weight is 524 g/mol. The Balaban J connectivity index is 1.68. The highest BCUT2D eigenvalue weighted by atomic mass is 35.5. The Kier molecular flexibility index (Phi) is 10.4. The standard InChI is InChI=1S/C26H32Cl2N2O3S/c1-18(26(32)29-20-7-4-3-5-8-20)30(15-19-11-13-21(33-2)14-12-19)25(31)17-34-16-22-23(27)9-6-10-24(22)28/h6,9-14,18,20H,3-5,7-8,15-17H2,1-2H3,(H,29,32)/t18-/m1/s1. The van der Waals surface area contributed by atoms with Crippen molar-refractivity contribution in [2.45, 2.75) is 63.4 Å². The first kappa shape index (κ1) is 26.7. The molecule has 0 bridgehead atoms. The molecule has 1 N–H and O–H groups in total. The van der Waals surface area contributed by atoms with Crippen LogP contribution in [0.3, 0.4) is 0 Å². The van der Waals surface area contributed by atoms with Gasteiger partial charge in [0, 0.05) is 28.4 Å². The zero-order chi connectivity index (χ0) is 24.5. The number of benzene rings is 2. The maximum absolute atomic E-state index is 13.3. The predicted molar refractivity (Wildman–Crippen MR) is 141 cm³/mol. The molecule has 0 aliphatic heterocycles. The van der Waals surface area contributed by atoms with Crippen LogP contribution in [-0.2, 0) is 21.9 Å². The summed E-state index contributed by atoms with van der Waals surface area (Å²) in [4.78, 5) is 28.0. The van der Waals surface area contributed by atoms with E-state index in [2.05, 4.69) is 5.32 Å². The van der Waals surface area contributed by atoms with E-state index in [1.807, 2.05) is 24.3 Å². The van der Waals surface area contributed by atoms with Crippen LogP contribution in [0.15, 0.2) is 42.5 Å². The monoisotopic (exact) mass is 522 g/mol. The molecule has 8 heteroatoms. The van der Waals surface area contributed by atoms with E-state index in [1.165, 1.54) is 18.2 Å².